The van der Waals surface area contributed by atoms with Gasteiger partial charge >= 0.3 is 0 Å². The lowest BCUT2D eigenvalue weighted by atomic mass is 10.1. The van der Waals surface area contributed by atoms with Crippen LogP contribution in [0, 0.1) is 0 Å². The molecule has 2 amide bonds. The zero-order valence-electron chi connectivity index (χ0n) is 14.1. The Balaban J connectivity index is 1.58. The average Bonchev–Trinajstić information content (AvgIpc) is 3.27. The van der Waals surface area contributed by atoms with Crippen LogP contribution in [-0.2, 0) is 4.79 Å². The molecule has 8 heteroatoms. The number of aromatic nitrogens is 2. The molecule has 25 heavy (non-hydrogen) atoms. The highest BCUT2D eigenvalue weighted by molar-refractivity contribution is 7.08. The maximum atomic E-state index is 12.7. The van der Waals surface area contributed by atoms with Gasteiger partial charge in [-0.05, 0) is 18.5 Å². The number of amides is 2. The number of thiophene rings is 1. The van der Waals surface area contributed by atoms with Crippen LogP contribution in [0.3, 0.4) is 0 Å². The van der Waals surface area contributed by atoms with Gasteiger partial charge in [0.1, 0.15) is 11.5 Å². The van der Waals surface area contributed by atoms with Gasteiger partial charge in [0.05, 0.1) is 12.2 Å². The van der Waals surface area contributed by atoms with E-state index in [0.29, 0.717) is 18.7 Å². The fourth-order valence-electron chi connectivity index (χ4n) is 3.45. The Morgan fingerprint density at radius 3 is 2.88 bits per heavy atom. The van der Waals surface area contributed by atoms with Crippen molar-refractivity contribution in [2.75, 3.05) is 39.8 Å². The van der Waals surface area contributed by atoms with Gasteiger partial charge in [-0.1, -0.05) is 0 Å². The Labute approximate surface area is 150 Å². The third-order valence-electron chi connectivity index (χ3n) is 4.94. The van der Waals surface area contributed by atoms with Crippen LogP contribution in [0.2, 0.25) is 0 Å². The summed E-state index contributed by atoms with van der Waals surface area (Å²) in [4.78, 5) is 33.5. The number of rotatable bonds is 3. The zero-order chi connectivity index (χ0) is 17.4. The van der Waals surface area contributed by atoms with Crippen LogP contribution in [0.4, 0.5) is 0 Å². The van der Waals surface area contributed by atoms with Gasteiger partial charge in [0, 0.05) is 50.1 Å². The second-order valence-corrected chi connectivity index (χ2v) is 7.38. The summed E-state index contributed by atoms with van der Waals surface area (Å²) in [6.45, 7) is 3.80. The van der Waals surface area contributed by atoms with Crippen molar-refractivity contribution in [3.05, 3.63) is 28.7 Å². The van der Waals surface area contributed by atoms with Crippen molar-refractivity contribution in [2.24, 2.45) is 0 Å². The van der Waals surface area contributed by atoms with Gasteiger partial charge in [-0.3, -0.25) is 9.59 Å². The minimum atomic E-state index is -0.128. The fourth-order valence-corrected chi connectivity index (χ4v) is 4.08. The first-order valence-electron chi connectivity index (χ1n) is 8.48. The monoisotopic (exact) mass is 359 g/mol. The average molecular weight is 359 g/mol. The molecule has 0 radical (unpaired) electrons. The van der Waals surface area contributed by atoms with Crippen molar-refractivity contribution >= 4 is 23.2 Å². The number of imidazole rings is 1. The van der Waals surface area contributed by atoms with Crippen molar-refractivity contribution in [2.45, 2.75) is 12.5 Å². The van der Waals surface area contributed by atoms with Crippen LogP contribution in [0.15, 0.2) is 23.0 Å². The quantitative estimate of drug-likeness (QED) is 0.890. The normalized spacial score (nSPS) is 21.1. The predicted octanol–water partition coefficient (Wildman–Crippen LogP) is 1.06. The van der Waals surface area contributed by atoms with Crippen molar-refractivity contribution in [3.8, 4) is 11.4 Å². The van der Waals surface area contributed by atoms with Crippen molar-refractivity contribution in [1.82, 2.24) is 24.7 Å². The van der Waals surface area contributed by atoms with Crippen LogP contribution < -0.4 is 5.32 Å². The second kappa shape index (κ2) is 6.61. The van der Waals surface area contributed by atoms with E-state index in [1.807, 2.05) is 26.3 Å². The van der Waals surface area contributed by atoms with Crippen LogP contribution in [0.25, 0.3) is 11.4 Å². The summed E-state index contributed by atoms with van der Waals surface area (Å²) in [7, 11) is 2.07. The summed E-state index contributed by atoms with van der Waals surface area (Å²) in [6.07, 6.45) is 1.99. The molecule has 0 spiro atoms. The van der Waals surface area contributed by atoms with E-state index in [2.05, 4.69) is 22.2 Å². The molecule has 1 fully saturated rings. The molecule has 0 aliphatic carbocycles. The minimum absolute atomic E-state index is 0.0998. The minimum Gasteiger partial charge on any atom is -0.349 e. The Kier molecular flexibility index (Phi) is 4.30. The van der Waals surface area contributed by atoms with E-state index in [9.17, 15) is 9.59 Å². The maximum absolute atomic E-state index is 12.7. The number of carbonyl (C=O) groups is 2. The molecule has 4 heterocycles. The van der Waals surface area contributed by atoms with E-state index in [1.165, 1.54) is 0 Å². The molecule has 2 aromatic rings. The Morgan fingerprint density at radius 1 is 1.36 bits per heavy atom. The first-order valence-corrected chi connectivity index (χ1v) is 9.42. The third kappa shape index (κ3) is 3.07. The molecule has 1 atom stereocenters. The summed E-state index contributed by atoms with van der Waals surface area (Å²) in [5.74, 6) is 0.782. The van der Waals surface area contributed by atoms with Gasteiger partial charge in [-0.15, -0.1) is 0 Å². The Hall–Kier alpha value is -2.19. The van der Waals surface area contributed by atoms with Crippen LogP contribution in [0.1, 0.15) is 23.0 Å². The highest BCUT2D eigenvalue weighted by atomic mass is 32.1. The van der Waals surface area contributed by atoms with E-state index in [-0.39, 0.29) is 17.9 Å². The van der Waals surface area contributed by atoms with Crippen LogP contribution in [0.5, 0.6) is 0 Å². The number of nitrogens with one attached hydrogen (secondary N) is 1. The van der Waals surface area contributed by atoms with Gasteiger partial charge in [0.15, 0.2) is 0 Å². The molecule has 4 rings (SSSR count). The number of carbonyl (C=O) groups excluding carboxylic acids is 2. The Bertz CT molecular complexity index is 777. The highest BCUT2D eigenvalue weighted by Crippen LogP contribution is 2.29. The molecule has 2 aliphatic rings. The molecule has 0 saturated carbocycles. The molecule has 132 valence electrons. The van der Waals surface area contributed by atoms with Crippen molar-refractivity contribution < 1.29 is 9.59 Å². The highest BCUT2D eigenvalue weighted by Gasteiger charge is 2.31. The third-order valence-corrected chi connectivity index (χ3v) is 5.62. The topological polar surface area (TPSA) is 70.5 Å². The summed E-state index contributed by atoms with van der Waals surface area (Å²) in [5, 5.41) is 6.89. The molecule has 1 N–H and O–H groups in total. The van der Waals surface area contributed by atoms with Gasteiger partial charge in [0.25, 0.3) is 5.91 Å². The molecule has 1 unspecified atom stereocenters. The molecule has 2 aromatic heterocycles. The summed E-state index contributed by atoms with van der Waals surface area (Å²) < 4.78 is 1.94. The molecular formula is C17H21N5O2S. The molecule has 2 aliphatic heterocycles. The number of fused-ring (bicyclic) bond motifs is 1. The lowest BCUT2D eigenvalue weighted by Gasteiger charge is -2.34. The van der Waals surface area contributed by atoms with Crippen molar-refractivity contribution in [3.63, 3.8) is 0 Å². The summed E-state index contributed by atoms with van der Waals surface area (Å²) in [6, 6.07) is 1.89. The number of likely N-dealkylation sites (N-methyl/N-ethyl adjacent to an activating group) is 1. The molecule has 0 aromatic carbocycles. The van der Waals surface area contributed by atoms with Crippen LogP contribution in [-0.4, -0.2) is 70.9 Å². The number of hydrogen-bond donors (Lipinski definition) is 1. The van der Waals surface area contributed by atoms with E-state index in [4.69, 9.17) is 0 Å². The SMILES string of the molecule is CN1CCN(C(=O)CC2CNC(=O)c3cnc(-c4ccsc4)n32)CC1. The van der Waals surface area contributed by atoms with Crippen molar-refractivity contribution in [1.29, 1.82) is 0 Å². The van der Waals surface area contributed by atoms with E-state index in [0.717, 1.165) is 37.6 Å². The van der Waals surface area contributed by atoms with Crippen LogP contribution >= 0.6 is 11.3 Å². The first-order chi connectivity index (χ1) is 12.1. The molecule has 7 nitrogen and oxygen atoms in total. The lowest BCUT2D eigenvalue weighted by Crippen LogP contribution is -2.48. The van der Waals surface area contributed by atoms with Gasteiger partial charge in [-0.25, -0.2) is 4.98 Å². The lowest BCUT2D eigenvalue weighted by molar-refractivity contribution is -0.133. The van der Waals surface area contributed by atoms with E-state index >= 15 is 0 Å². The summed E-state index contributed by atoms with van der Waals surface area (Å²) in [5.41, 5.74) is 1.52. The molecular weight excluding hydrogens is 338 g/mol. The molecule has 0 bridgehead atoms. The van der Waals surface area contributed by atoms with E-state index < -0.39 is 0 Å². The number of piperazine rings is 1. The number of hydrogen-bond acceptors (Lipinski definition) is 5. The standard InChI is InChI=1S/C17H21N5O2S/c1-20-3-5-21(6-4-20)15(23)8-13-9-19-17(24)14-10-18-16(22(13)14)12-2-7-25-11-12/h2,7,10-11,13H,3-6,8-9H2,1H3,(H,19,24). The maximum Gasteiger partial charge on any atom is 0.269 e. The Morgan fingerprint density at radius 2 is 2.16 bits per heavy atom. The fraction of sp³-hybridized carbons (Fsp3) is 0.471. The smallest absolute Gasteiger partial charge is 0.269 e. The summed E-state index contributed by atoms with van der Waals surface area (Å²) >= 11 is 1.59. The number of nitrogens with zero attached hydrogens (tertiary/aromatic N) is 4. The van der Waals surface area contributed by atoms with Gasteiger partial charge in [-0.2, -0.15) is 11.3 Å². The zero-order valence-corrected chi connectivity index (χ0v) is 15.0. The second-order valence-electron chi connectivity index (χ2n) is 6.60. The first kappa shape index (κ1) is 16.3. The van der Waals surface area contributed by atoms with Gasteiger partial charge < -0.3 is 19.7 Å². The largest absolute Gasteiger partial charge is 0.349 e. The van der Waals surface area contributed by atoms with Gasteiger partial charge in [0.2, 0.25) is 5.91 Å². The molecule has 1 saturated heterocycles. The van der Waals surface area contributed by atoms with E-state index in [1.54, 1.807) is 17.5 Å². The predicted molar refractivity (Wildman–Crippen MR) is 95.6 cm³/mol.